The summed E-state index contributed by atoms with van der Waals surface area (Å²) in [5.41, 5.74) is -1.45. The van der Waals surface area contributed by atoms with Crippen LogP contribution in [0.5, 0.6) is 0 Å². The zero-order valence-electron chi connectivity index (χ0n) is 7.69. The van der Waals surface area contributed by atoms with Gasteiger partial charge in [-0.1, -0.05) is 0 Å². The standard InChI is InChI=1S/C9H5F3N2O2/c10-9(11,12)5-1-2-14-7(3-5)6(4-13)8(15)16/h1-3,6H,(H,15,16). The summed E-state index contributed by atoms with van der Waals surface area (Å²) in [5, 5.41) is 17.1. The molecular weight excluding hydrogens is 225 g/mol. The Morgan fingerprint density at radius 2 is 2.19 bits per heavy atom. The Morgan fingerprint density at radius 1 is 1.56 bits per heavy atom. The van der Waals surface area contributed by atoms with Crippen LogP contribution in [-0.2, 0) is 11.0 Å². The fourth-order valence-corrected chi connectivity index (χ4v) is 1.03. The van der Waals surface area contributed by atoms with E-state index in [1.165, 1.54) is 6.07 Å². The second-order valence-electron chi connectivity index (χ2n) is 2.87. The van der Waals surface area contributed by atoms with E-state index in [2.05, 4.69) is 4.98 Å². The Labute approximate surface area is 88.0 Å². The van der Waals surface area contributed by atoms with Crippen LogP contribution in [0.2, 0.25) is 0 Å². The summed E-state index contributed by atoms with van der Waals surface area (Å²) in [6.07, 6.45) is -3.76. The van der Waals surface area contributed by atoms with Gasteiger partial charge in [-0.3, -0.25) is 9.78 Å². The van der Waals surface area contributed by atoms with Crippen molar-refractivity contribution in [1.82, 2.24) is 4.98 Å². The molecule has 1 rings (SSSR count). The Hall–Kier alpha value is -2.10. The maximum Gasteiger partial charge on any atom is 0.416 e. The number of hydrogen-bond acceptors (Lipinski definition) is 3. The van der Waals surface area contributed by atoms with Gasteiger partial charge < -0.3 is 5.11 Å². The summed E-state index contributed by atoms with van der Waals surface area (Å²) in [6, 6.07) is 2.63. The van der Waals surface area contributed by atoms with Crippen LogP contribution >= 0.6 is 0 Å². The summed E-state index contributed by atoms with van der Waals surface area (Å²) < 4.78 is 36.8. The average Bonchev–Trinajstić information content (AvgIpc) is 2.17. The number of nitriles is 1. The van der Waals surface area contributed by atoms with Crippen LogP contribution in [0.1, 0.15) is 17.2 Å². The molecule has 0 amide bonds. The molecule has 1 aromatic rings. The molecule has 1 atom stereocenters. The van der Waals surface area contributed by atoms with Gasteiger partial charge in [0.2, 0.25) is 0 Å². The Balaban J connectivity index is 3.18. The summed E-state index contributed by atoms with van der Waals surface area (Å²) in [6.45, 7) is 0. The molecule has 0 saturated carbocycles. The highest BCUT2D eigenvalue weighted by Crippen LogP contribution is 2.30. The van der Waals surface area contributed by atoms with Crippen molar-refractivity contribution in [1.29, 1.82) is 5.26 Å². The minimum Gasteiger partial charge on any atom is -0.480 e. The maximum absolute atomic E-state index is 12.3. The van der Waals surface area contributed by atoms with Crippen molar-refractivity contribution in [3.05, 3.63) is 29.6 Å². The number of hydrogen-bond donors (Lipinski definition) is 1. The molecule has 0 fully saturated rings. The summed E-state index contributed by atoms with van der Waals surface area (Å²) in [4.78, 5) is 14.0. The van der Waals surface area contributed by atoms with Crippen molar-refractivity contribution in [3.63, 3.8) is 0 Å². The van der Waals surface area contributed by atoms with Gasteiger partial charge in [-0.15, -0.1) is 0 Å². The fraction of sp³-hybridized carbons (Fsp3) is 0.222. The van der Waals surface area contributed by atoms with Crippen LogP contribution in [0.3, 0.4) is 0 Å². The first-order chi connectivity index (χ1) is 7.36. The first-order valence-corrected chi connectivity index (χ1v) is 4.02. The minimum atomic E-state index is -4.59. The quantitative estimate of drug-likeness (QED) is 0.840. The van der Waals surface area contributed by atoms with Crippen molar-refractivity contribution < 1.29 is 23.1 Å². The van der Waals surface area contributed by atoms with E-state index in [-0.39, 0.29) is 0 Å². The number of carboxylic acid groups (broad SMARTS) is 1. The molecular formula is C9H5F3N2O2. The van der Waals surface area contributed by atoms with Crippen LogP contribution in [0.25, 0.3) is 0 Å². The predicted molar refractivity (Wildman–Crippen MR) is 45.2 cm³/mol. The highest BCUT2D eigenvalue weighted by molar-refractivity contribution is 5.78. The molecule has 7 heteroatoms. The largest absolute Gasteiger partial charge is 0.480 e. The van der Waals surface area contributed by atoms with E-state index in [1.807, 2.05) is 0 Å². The Kier molecular flexibility index (Phi) is 3.13. The summed E-state index contributed by atoms with van der Waals surface area (Å²) >= 11 is 0. The smallest absolute Gasteiger partial charge is 0.416 e. The SMILES string of the molecule is N#CC(C(=O)O)c1cc(C(F)(F)F)ccn1. The number of aromatic nitrogens is 1. The lowest BCUT2D eigenvalue weighted by molar-refractivity contribution is -0.139. The van der Waals surface area contributed by atoms with E-state index >= 15 is 0 Å². The van der Waals surface area contributed by atoms with Gasteiger partial charge >= 0.3 is 12.1 Å². The molecule has 0 bridgehead atoms. The van der Waals surface area contributed by atoms with Gasteiger partial charge in [0.05, 0.1) is 17.3 Å². The normalized spacial score (nSPS) is 12.9. The van der Waals surface area contributed by atoms with Gasteiger partial charge in [-0.25, -0.2) is 0 Å². The van der Waals surface area contributed by atoms with E-state index in [0.29, 0.717) is 12.1 Å². The van der Waals surface area contributed by atoms with Crippen molar-refractivity contribution in [2.45, 2.75) is 12.1 Å². The third-order valence-electron chi connectivity index (χ3n) is 1.78. The Bertz CT molecular complexity index is 451. The highest BCUT2D eigenvalue weighted by Gasteiger charge is 2.32. The number of rotatable bonds is 2. The third kappa shape index (κ3) is 2.48. The maximum atomic E-state index is 12.3. The third-order valence-corrected chi connectivity index (χ3v) is 1.78. The molecule has 0 spiro atoms. The molecule has 0 aliphatic carbocycles. The van der Waals surface area contributed by atoms with Crippen LogP contribution in [-0.4, -0.2) is 16.1 Å². The molecule has 0 aliphatic rings. The number of alkyl halides is 3. The second-order valence-corrected chi connectivity index (χ2v) is 2.87. The minimum absolute atomic E-state index is 0.426. The van der Waals surface area contributed by atoms with Crippen molar-refractivity contribution >= 4 is 5.97 Å². The molecule has 4 nitrogen and oxygen atoms in total. The fourth-order valence-electron chi connectivity index (χ4n) is 1.03. The van der Waals surface area contributed by atoms with Crippen LogP contribution in [0.15, 0.2) is 18.3 Å². The van der Waals surface area contributed by atoms with Crippen molar-refractivity contribution in [3.8, 4) is 6.07 Å². The van der Waals surface area contributed by atoms with E-state index in [0.717, 1.165) is 6.20 Å². The van der Waals surface area contributed by atoms with E-state index < -0.39 is 29.3 Å². The lowest BCUT2D eigenvalue weighted by Gasteiger charge is -2.08. The molecule has 1 N–H and O–H groups in total. The van der Waals surface area contributed by atoms with Crippen molar-refractivity contribution in [2.24, 2.45) is 0 Å². The summed E-state index contributed by atoms with van der Waals surface area (Å²) in [7, 11) is 0. The average molecular weight is 230 g/mol. The molecule has 16 heavy (non-hydrogen) atoms. The zero-order valence-corrected chi connectivity index (χ0v) is 7.69. The van der Waals surface area contributed by atoms with Crippen LogP contribution in [0, 0.1) is 11.3 Å². The molecule has 1 heterocycles. The molecule has 0 aromatic carbocycles. The number of pyridine rings is 1. The predicted octanol–water partition coefficient (Wildman–Crippen LogP) is 1.79. The lowest BCUT2D eigenvalue weighted by Crippen LogP contribution is -2.13. The van der Waals surface area contributed by atoms with Gasteiger partial charge in [0.1, 0.15) is 0 Å². The second kappa shape index (κ2) is 4.18. The first kappa shape index (κ1) is 12.0. The zero-order chi connectivity index (χ0) is 12.3. The van der Waals surface area contributed by atoms with E-state index in [4.69, 9.17) is 10.4 Å². The molecule has 1 aromatic heterocycles. The lowest BCUT2D eigenvalue weighted by atomic mass is 10.1. The van der Waals surface area contributed by atoms with Gasteiger partial charge in [0.15, 0.2) is 5.92 Å². The Morgan fingerprint density at radius 3 is 2.62 bits per heavy atom. The number of halogens is 3. The topological polar surface area (TPSA) is 74.0 Å². The van der Waals surface area contributed by atoms with Gasteiger partial charge in [-0.2, -0.15) is 18.4 Å². The molecule has 0 aliphatic heterocycles. The highest BCUT2D eigenvalue weighted by atomic mass is 19.4. The van der Waals surface area contributed by atoms with Crippen LogP contribution < -0.4 is 0 Å². The monoisotopic (exact) mass is 230 g/mol. The number of carboxylic acids is 1. The number of aliphatic carboxylic acids is 1. The number of nitrogens with zero attached hydrogens (tertiary/aromatic N) is 2. The first-order valence-electron chi connectivity index (χ1n) is 4.02. The molecule has 84 valence electrons. The van der Waals surface area contributed by atoms with E-state index in [9.17, 15) is 18.0 Å². The van der Waals surface area contributed by atoms with Gasteiger partial charge in [0.25, 0.3) is 0 Å². The molecule has 1 unspecified atom stereocenters. The number of carbonyl (C=O) groups is 1. The van der Waals surface area contributed by atoms with Crippen molar-refractivity contribution in [2.75, 3.05) is 0 Å². The molecule has 0 saturated heterocycles. The van der Waals surface area contributed by atoms with Gasteiger partial charge in [-0.05, 0) is 12.1 Å². The summed E-state index contributed by atoms with van der Waals surface area (Å²) in [5.74, 6) is -3.23. The van der Waals surface area contributed by atoms with Crippen LogP contribution in [0.4, 0.5) is 13.2 Å². The molecule has 0 radical (unpaired) electrons. The van der Waals surface area contributed by atoms with Gasteiger partial charge in [0, 0.05) is 6.20 Å². The van der Waals surface area contributed by atoms with E-state index in [1.54, 1.807) is 0 Å².